The van der Waals surface area contributed by atoms with E-state index < -0.39 is 23.9 Å². The summed E-state index contributed by atoms with van der Waals surface area (Å²) in [4.78, 5) is 22.0. The maximum atomic E-state index is 12.9. The zero-order chi connectivity index (χ0) is 20.5. The Morgan fingerprint density at radius 3 is 2.68 bits per heavy atom. The maximum absolute atomic E-state index is 12.9. The van der Waals surface area contributed by atoms with E-state index in [2.05, 4.69) is 15.3 Å². The third-order valence-corrected chi connectivity index (χ3v) is 4.62. The number of alkyl halides is 3. The molecule has 28 heavy (non-hydrogen) atoms. The molecule has 9 heteroatoms. The van der Waals surface area contributed by atoms with E-state index in [1.54, 1.807) is 19.1 Å². The first-order valence-corrected chi connectivity index (χ1v) is 8.89. The largest absolute Gasteiger partial charge is 0.447 e. The summed E-state index contributed by atoms with van der Waals surface area (Å²) in [5.41, 5.74) is -0.266. The number of nitrogens with zero attached hydrogens (tertiary/aromatic N) is 3. The average molecular weight is 394 g/mol. The van der Waals surface area contributed by atoms with Crippen LogP contribution in [0, 0.1) is 5.92 Å². The van der Waals surface area contributed by atoms with Gasteiger partial charge < -0.3 is 10.1 Å². The van der Waals surface area contributed by atoms with Crippen LogP contribution in [0.5, 0.6) is 0 Å². The van der Waals surface area contributed by atoms with E-state index in [0.717, 1.165) is 12.1 Å². The Morgan fingerprint density at radius 2 is 2.00 bits per heavy atom. The molecule has 150 valence electrons. The normalized spacial score (nSPS) is 18.3. The summed E-state index contributed by atoms with van der Waals surface area (Å²) in [5.74, 6) is 0.765. The molecule has 0 aliphatic carbocycles. The van der Waals surface area contributed by atoms with Gasteiger partial charge in [0.25, 0.3) is 0 Å². The Kier molecular flexibility index (Phi) is 5.44. The standard InChI is InChI=1S/C19H21F3N4O2/c1-11(2)15-10-28-18(27)26(15)16-7-8-23-17(25-16)24-12(3)13-5-4-6-14(9-13)19(20,21)22/h4-9,11-12,15H,10H2,1-3H3,(H,23,24,25)/t12-,15-/m1/s1. The van der Waals surface area contributed by atoms with Crippen molar-refractivity contribution in [3.8, 4) is 0 Å². The number of cyclic esters (lactones) is 1. The number of amides is 1. The lowest BCUT2D eigenvalue weighted by Gasteiger charge is -2.24. The van der Waals surface area contributed by atoms with Gasteiger partial charge in [-0.1, -0.05) is 26.0 Å². The average Bonchev–Trinajstić information content (AvgIpc) is 3.03. The van der Waals surface area contributed by atoms with E-state index in [4.69, 9.17) is 4.74 Å². The zero-order valence-corrected chi connectivity index (χ0v) is 15.7. The number of carbonyl (C=O) groups is 1. The van der Waals surface area contributed by atoms with E-state index in [9.17, 15) is 18.0 Å². The highest BCUT2D eigenvalue weighted by atomic mass is 19.4. The second-order valence-corrected chi connectivity index (χ2v) is 6.99. The molecule has 2 aromatic rings. The molecule has 0 bridgehead atoms. The topological polar surface area (TPSA) is 67.3 Å². The minimum atomic E-state index is -4.41. The number of nitrogens with one attached hydrogen (secondary N) is 1. The van der Waals surface area contributed by atoms with Crippen molar-refractivity contribution in [1.82, 2.24) is 9.97 Å². The lowest BCUT2D eigenvalue weighted by molar-refractivity contribution is -0.137. The summed E-state index contributed by atoms with van der Waals surface area (Å²) in [6.07, 6.45) is -3.39. The van der Waals surface area contributed by atoms with Gasteiger partial charge in [-0.15, -0.1) is 0 Å². The van der Waals surface area contributed by atoms with Crippen molar-refractivity contribution in [2.75, 3.05) is 16.8 Å². The predicted molar refractivity (Wildman–Crippen MR) is 98.0 cm³/mol. The van der Waals surface area contributed by atoms with Crippen molar-refractivity contribution in [3.63, 3.8) is 0 Å². The molecule has 3 rings (SSSR count). The molecular formula is C19H21F3N4O2. The lowest BCUT2D eigenvalue weighted by atomic mass is 10.0. The van der Waals surface area contributed by atoms with E-state index in [1.165, 1.54) is 17.2 Å². The van der Waals surface area contributed by atoms with Crippen LogP contribution in [0.15, 0.2) is 36.5 Å². The molecule has 1 saturated heterocycles. The third-order valence-electron chi connectivity index (χ3n) is 4.62. The number of ether oxygens (including phenoxy) is 1. The Morgan fingerprint density at radius 1 is 1.25 bits per heavy atom. The molecule has 1 fully saturated rings. The van der Waals surface area contributed by atoms with Crippen molar-refractivity contribution in [1.29, 1.82) is 0 Å². The van der Waals surface area contributed by atoms with Gasteiger partial charge in [-0.2, -0.15) is 18.2 Å². The van der Waals surface area contributed by atoms with Gasteiger partial charge in [0, 0.05) is 6.20 Å². The third kappa shape index (κ3) is 4.18. The van der Waals surface area contributed by atoms with Crippen molar-refractivity contribution >= 4 is 17.9 Å². The first kappa shape index (κ1) is 19.9. The Balaban J connectivity index is 1.81. The molecule has 2 heterocycles. The molecule has 1 amide bonds. The van der Waals surface area contributed by atoms with Crippen LogP contribution in [0.3, 0.4) is 0 Å². The lowest BCUT2D eigenvalue weighted by Crippen LogP contribution is -2.37. The fraction of sp³-hybridized carbons (Fsp3) is 0.421. The minimum Gasteiger partial charge on any atom is -0.447 e. The maximum Gasteiger partial charge on any atom is 0.416 e. The first-order chi connectivity index (χ1) is 13.2. The predicted octanol–water partition coefficient (Wildman–Crippen LogP) is 4.65. The van der Waals surface area contributed by atoms with Crippen molar-refractivity contribution < 1.29 is 22.7 Å². The summed E-state index contributed by atoms with van der Waals surface area (Å²) >= 11 is 0. The molecule has 1 aliphatic heterocycles. The smallest absolute Gasteiger partial charge is 0.416 e. The van der Waals surface area contributed by atoms with Crippen LogP contribution in [-0.2, 0) is 10.9 Å². The molecule has 0 spiro atoms. The SMILES string of the molecule is CC(C)[C@H]1COC(=O)N1c1ccnc(N[C@H](C)c2cccc(C(F)(F)F)c2)n1. The van der Waals surface area contributed by atoms with Gasteiger partial charge in [-0.3, -0.25) is 4.90 Å². The molecule has 1 N–H and O–H groups in total. The molecule has 1 aliphatic rings. The van der Waals surface area contributed by atoms with Crippen molar-refractivity contribution in [2.24, 2.45) is 5.92 Å². The van der Waals surface area contributed by atoms with Crippen molar-refractivity contribution in [2.45, 2.75) is 39.0 Å². The molecule has 1 aromatic carbocycles. The Hall–Kier alpha value is -2.84. The second kappa shape index (κ2) is 7.65. The van der Waals surface area contributed by atoms with Gasteiger partial charge in [0.2, 0.25) is 5.95 Å². The van der Waals surface area contributed by atoms with Gasteiger partial charge >= 0.3 is 12.3 Å². The number of carbonyl (C=O) groups excluding carboxylic acids is 1. The van der Waals surface area contributed by atoms with E-state index in [-0.39, 0.29) is 24.5 Å². The molecule has 2 atom stereocenters. The highest BCUT2D eigenvalue weighted by Gasteiger charge is 2.37. The number of aromatic nitrogens is 2. The minimum absolute atomic E-state index is 0.142. The molecule has 1 aromatic heterocycles. The molecule has 0 radical (unpaired) electrons. The van der Waals surface area contributed by atoms with E-state index in [1.807, 2.05) is 13.8 Å². The zero-order valence-electron chi connectivity index (χ0n) is 15.7. The molecule has 6 nitrogen and oxygen atoms in total. The Bertz CT molecular complexity index is 857. The first-order valence-electron chi connectivity index (χ1n) is 8.89. The number of hydrogen-bond donors (Lipinski definition) is 1. The van der Waals surface area contributed by atoms with Gasteiger partial charge in [0.05, 0.1) is 17.6 Å². The van der Waals surface area contributed by atoms with Crippen LogP contribution in [0.25, 0.3) is 0 Å². The van der Waals surface area contributed by atoms with Gasteiger partial charge in [0.1, 0.15) is 12.4 Å². The van der Waals surface area contributed by atoms with Gasteiger partial charge in [0.15, 0.2) is 0 Å². The van der Waals surface area contributed by atoms with Gasteiger partial charge in [-0.25, -0.2) is 9.78 Å². The molecule has 0 saturated carbocycles. The summed E-state index contributed by atoms with van der Waals surface area (Å²) < 4.78 is 43.9. The van der Waals surface area contributed by atoms with Crippen LogP contribution in [-0.4, -0.2) is 28.7 Å². The second-order valence-electron chi connectivity index (χ2n) is 6.99. The van der Waals surface area contributed by atoms with Crippen LogP contribution in [0.1, 0.15) is 37.9 Å². The van der Waals surface area contributed by atoms with E-state index >= 15 is 0 Å². The van der Waals surface area contributed by atoms with Crippen molar-refractivity contribution in [3.05, 3.63) is 47.7 Å². The monoisotopic (exact) mass is 394 g/mol. The summed E-state index contributed by atoms with van der Waals surface area (Å²) in [6, 6.07) is 6.07. The number of hydrogen-bond acceptors (Lipinski definition) is 5. The van der Waals surface area contributed by atoms with Crippen LogP contribution < -0.4 is 10.2 Å². The number of benzene rings is 1. The fourth-order valence-corrected chi connectivity index (χ4v) is 3.00. The number of anilines is 2. The van der Waals surface area contributed by atoms with Crippen LogP contribution in [0.4, 0.5) is 29.7 Å². The summed E-state index contributed by atoms with van der Waals surface area (Å²) in [6.45, 7) is 5.96. The Labute approximate surface area is 160 Å². The highest BCUT2D eigenvalue weighted by Crippen LogP contribution is 2.31. The van der Waals surface area contributed by atoms with E-state index in [0.29, 0.717) is 11.4 Å². The number of rotatable bonds is 5. The van der Waals surface area contributed by atoms with Crippen LogP contribution in [0.2, 0.25) is 0 Å². The van der Waals surface area contributed by atoms with Crippen LogP contribution >= 0.6 is 0 Å². The highest BCUT2D eigenvalue weighted by molar-refractivity contribution is 5.89. The number of halogens is 3. The fourth-order valence-electron chi connectivity index (χ4n) is 3.00. The summed E-state index contributed by atoms with van der Waals surface area (Å²) in [5, 5.41) is 2.99. The van der Waals surface area contributed by atoms with Gasteiger partial charge in [-0.05, 0) is 36.6 Å². The summed E-state index contributed by atoms with van der Waals surface area (Å²) in [7, 11) is 0. The quantitative estimate of drug-likeness (QED) is 0.800. The molecular weight excluding hydrogens is 373 g/mol. The molecule has 0 unspecified atom stereocenters.